The zero-order valence-corrected chi connectivity index (χ0v) is 12.1. The summed E-state index contributed by atoms with van der Waals surface area (Å²) in [5.74, 6) is 0.993. The van der Waals surface area contributed by atoms with Crippen LogP contribution in [0.3, 0.4) is 0 Å². The number of nitrogens with zero attached hydrogens (tertiary/aromatic N) is 2. The lowest BCUT2D eigenvalue weighted by Gasteiger charge is -2.21. The zero-order valence-electron chi connectivity index (χ0n) is 12.1. The number of hydrogen-bond acceptors (Lipinski definition) is 3. The number of rotatable bonds is 2. The van der Waals surface area contributed by atoms with Gasteiger partial charge in [0.1, 0.15) is 0 Å². The summed E-state index contributed by atoms with van der Waals surface area (Å²) in [4.78, 5) is 13.8. The monoisotopic (exact) mass is 270 g/mol. The second-order valence-corrected chi connectivity index (χ2v) is 5.44. The average Bonchev–Trinajstić information content (AvgIpc) is 2.98. The first-order valence-corrected chi connectivity index (χ1v) is 6.91. The molecular formula is C16H18N2O2. The summed E-state index contributed by atoms with van der Waals surface area (Å²) in [7, 11) is 0. The Labute approximate surface area is 118 Å². The van der Waals surface area contributed by atoms with E-state index in [1.165, 1.54) is 0 Å². The summed E-state index contributed by atoms with van der Waals surface area (Å²) in [6, 6.07) is 6.05. The van der Waals surface area contributed by atoms with E-state index in [1.807, 2.05) is 31.7 Å². The lowest BCUT2D eigenvalue weighted by molar-refractivity contribution is -0.117. The first kappa shape index (κ1) is 12.9. The molecule has 0 saturated carbocycles. The summed E-state index contributed by atoms with van der Waals surface area (Å²) in [5.41, 5.74) is 5.13. The van der Waals surface area contributed by atoms with E-state index in [0.717, 1.165) is 46.8 Å². The third-order valence-corrected chi connectivity index (χ3v) is 3.75. The van der Waals surface area contributed by atoms with Crippen molar-refractivity contribution in [1.82, 2.24) is 5.16 Å². The van der Waals surface area contributed by atoms with Crippen LogP contribution in [0.5, 0.6) is 0 Å². The standard InChI is InChI=1S/C16H18N2O2/c1-10-7-13(14-9-12(3)17-20-14)8-11(2)16(10)18-6-4-5-15(18)19/h7-9H,4-6H2,1-3H3. The predicted molar refractivity (Wildman–Crippen MR) is 77.7 cm³/mol. The van der Waals surface area contributed by atoms with Gasteiger partial charge in [-0.3, -0.25) is 4.79 Å². The van der Waals surface area contributed by atoms with Gasteiger partial charge in [0.15, 0.2) is 5.76 Å². The van der Waals surface area contributed by atoms with Gasteiger partial charge in [-0.1, -0.05) is 5.16 Å². The fraction of sp³-hybridized carbons (Fsp3) is 0.375. The van der Waals surface area contributed by atoms with Crippen molar-refractivity contribution in [2.24, 2.45) is 0 Å². The molecule has 0 N–H and O–H groups in total. The van der Waals surface area contributed by atoms with Crippen molar-refractivity contribution >= 4 is 11.6 Å². The molecule has 1 amide bonds. The Hall–Kier alpha value is -2.10. The molecule has 20 heavy (non-hydrogen) atoms. The Morgan fingerprint density at radius 1 is 1.15 bits per heavy atom. The van der Waals surface area contributed by atoms with Gasteiger partial charge in [0, 0.05) is 30.3 Å². The third kappa shape index (κ3) is 2.11. The Morgan fingerprint density at radius 3 is 2.35 bits per heavy atom. The first-order valence-electron chi connectivity index (χ1n) is 6.91. The number of aryl methyl sites for hydroxylation is 3. The fourth-order valence-corrected chi connectivity index (χ4v) is 2.91. The van der Waals surface area contributed by atoms with E-state index in [0.29, 0.717) is 6.42 Å². The quantitative estimate of drug-likeness (QED) is 0.840. The van der Waals surface area contributed by atoms with Crippen molar-refractivity contribution in [2.45, 2.75) is 33.6 Å². The van der Waals surface area contributed by atoms with Crippen LogP contribution in [0.25, 0.3) is 11.3 Å². The largest absolute Gasteiger partial charge is 0.356 e. The molecule has 1 aliphatic heterocycles. The van der Waals surface area contributed by atoms with E-state index in [2.05, 4.69) is 17.3 Å². The molecule has 1 fully saturated rings. The molecule has 1 aliphatic rings. The number of carbonyl (C=O) groups excluding carboxylic acids is 1. The molecule has 2 aromatic rings. The Morgan fingerprint density at radius 2 is 1.85 bits per heavy atom. The summed E-state index contributed by atoms with van der Waals surface area (Å²) < 4.78 is 5.32. The van der Waals surface area contributed by atoms with Gasteiger partial charge in [0.25, 0.3) is 0 Å². The smallest absolute Gasteiger partial charge is 0.227 e. The topological polar surface area (TPSA) is 46.3 Å². The average molecular weight is 270 g/mol. The van der Waals surface area contributed by atoms with Crippen LogP contribution in [0, 0.1) is 20.8 Å². The summed E-state index contributed by atoms with van der Waals surface area (Å²) in [5, 5.41) is 3.92. The van der Waals surface area contributed by atoms with Crippen molar-refractivity contribution in [3.63, 3.8) is 0 Å². The highest BCUT2D eigenvalue weighted by molar-refractivity contribution is 5.97. The van der Waals surface area contributed by atoms with Crippen LogP contribution in [0.15, 0.2) is 22.7 Å². The Bertz CT molecular complexity index is 650. The number of benzene rings is 1. The highest BCUT2D eigenvalue weighted by Crippen LogP contribution is 2.33. The van der Waals surface area contributed by atoms with Crippen LogP contribution >= 0.6 is 0 Å². The van der Waals surface area contributed by atoms with Crippen LogP contribution in [0.4, 0.5) is 5.69 Å². The van der Waals surface area contributed by atoms with Gasteiger partial charge in [-0.2, -0.15) is 0 Å². The van der Waals surface area contributed by atoms with Crippen LogP contribution in [-0.4, -0.2) is 17.6 Å². The van der Waals surface area contributed by atoms with Crippen LogP contribution < -0.4 is 4.90 Å². The maximum Gasteiger partial charge on any atom is 0.227 e. The predicted octanol–water partition coefficient (Wildman–Crippen LogP) is 3.39. The van der Waals surface area contributed by atoms with E-state index >= 15 is 0 Å². The summed E-state index contributed by atoms with van der Waals surface area (Å²) in [6.45, 7) is 6.81. The third-order valence-electron chi connectivity index (χ3n) is 3.75. The Balaban J connectivity index is 2.05. The van der Waals surface area contributed by atoms with E-state index in [1.54, 1.807) is 0 Å². The van der Waals surface area contributed by atoms with Gasteiger partial charge in [-0.25, -0.2) is 0 Å². The highest BCUT2D eigenvalue weighted by Gasteiger charge is 2.25. The fourth-order valence-electron chi connectivity index (χ4n) is 2.91. The molecule has 2 heterocycles. The molecule has 4 nitrogen and oxygen atoms in total. The van der Waals surface area contributed by atoms with Crippen molar-refractivity contribution in [1.29, 1.82) is 0 Å². The minimum Gasteiger partial charge on any atom is -0.356 e. The van der Waals surface area contributed by atoms with Gasteiger partial charge in [0.2, 0.25) is 5.91 Å². The molecule has 0 aliphatic carbocycles. The van der Waals surface area contributed by atoms with Crippen molar-refractivity contribution in [3.05, 3.63) is 35.0 Å². The maximum atomic E-state index is 11.9. The van der Waals surface area contributed by atoms with E-state index in [4.69, 9.17) is 4.52 Å². The first-order chi connectivity index (χ1) is 9.56. The normalized spacial score (nSPS) is 15.2. The molecule has 1 saturated heterocycles. The molecule has 104 valence electrons. The molecular weight excluding hydrogens is 252 g/mol. The van der Waals surface area contributed by atoms with E-state index in [9.17, 15) is 4.79 Å². The lowest BCUT2D eigenvalue weighted by Crippen LogP contribution is -2.25. The molecule has 1 aromatic heterocycles. The van der Waals surface area contributed by atoms with Crippen LogP contribution in [0.2, 0.25) is 0 Å². The lowest BCUT2D eigenvalue weighted by atomic mass is 10.0. The number of anilines is 1. The molecule has 0 spiro atoms. The zero-order chi connectivity index (χ0) is 14.3. The maximum absolute atomic E-state index is 11.9. The molecule has 0 bridgehead atoms. The summed E-state index contributed by atoms with van der Waals surface area (Å²) >= 11 is 0. The van der Waals surface area contributed by atoms with E-state index in [-0.39, 0.29) is 5.91 Å². The molecule has 4 heteroatoms. The number of aromatic nitrogens is 1. The number of carbonyl (C=O) groups is 1. The number of hydrogen-bond donors (Lipinski definition) is 0. The van der Waals surface area contributed by atoms with E-state index < -0.39 is 0 Å². The van der Waals surface area contributed by atoms with Crippen molar-refractivity contribution in [3.8, 4) is 11.3 Å². The van der Waals surface area contributed by atoms with Gasteiger partial charge >= 0.3 is 0 Å². The van der Waals surface area contributed by atoms with Gasteiger partial charge < -0.3 is 9.42 Å². The molecule has 0 unspecified atom stereocenters. The molecule has 1 aromatic carbocycles. The highest BCUT2D eigenvalue weighted by atomic mass is 16.5. The van der Waals surface area contributed by atoms with Crippen molar-refractivity contribution < 1.29 is 9.32 Å². The van der Waals surface area contributed by atoms with Gasteiger partial charge in [-0.05, 0) is 50.5 Å². The van der Waals surface area contributed by atoms with Gasteiger partial charge in [-0.15, -0.1) is 0 Å². The van der Waals surface area contributed by atoms with Crippen LogP contribution in [0.1, 0.15) is 29.7 Å². The second kappa shape index (κ2) is 4.78. The van der Waals surface area contributed by atoms with Crippen molar-refractivity contribution in [2.75, 3.05) is 11.4 Å². The summed E-state index contributed by atoms with van der Waals surface area (Å²) in [6.07, 6.45) is 1.60. The molecule has 0 radical (unpaired) electrons. The van der Waals surface area contributed by atoms with Gasteiger partial charge in [0.05, 0.1) is 5.69 Å². The van der Waals surface area contributed by atoms with Crippen LogP contribution in [-0.2, 0) is 4.79 Å². The molecule has 0 atom stereocenters. The second-order valence-electron chi connectivity index (χ2n) is 5.44. The SMILES string of the molecule is Cc1cc(-c2cc(C)c(N3CCCC3=O)c(C)c2)on1. The number of amides is 1. The minimum absolute atomic E-state index is 0.222. The minimum atomic E-state index is 0.222. The molecule has 3 rings (SSSR count). The Kier molecular flexibility index (Phi) is 3.08.